The van der Waals surface area contributed by atoms with E-state index in [0.717, 1.165) is 51.4 Å². The van der Waals surface area contributed by atoms with E-state index < -0.39 is 32.5 Å². The zero-order chi connectivity index (χ0) is 39.6. The molecule has 0 aromatic carbocycles. The van der Waals surface area contributed by atoms with Crippen LogP contribution >= 0.6 is 7.82 Å². The molecule has 0 aromatic rings. The molecule has 0 spiro atoms. The Morgan fingerprint density at radius 2 is 0.778 bits per heavy atom. The van der Waals surface area contributed by atoms with E-state index in [0.29, 0.717) is 6.42 Å². The van der Waals surface area contributed by atoms with E-state index in [4.69, 9.17) is 19.3 Å². The van der Waals surface area contributed by atoms with Crippen molar-refractivity contribution in [1.82, 2.24) is 0 Å². The predicted octanol–water partition coefficient (Wildman–Crippen LogP) is 14.2. The van der Waals surface area contributed by atoms with E-state index in [2.05, 4.69) is 30.5 Å². The van der Waals surface area contributed by atoms with Gasteiger partial charge in [-0.25, -0.2) is 4.57 Å². The zero-order valence-electron chi connectivity index (χ0n) is 35.4. The molecular weight excluding hydrogens is 699 g/mol. The molecule has 0 heterocycles. The van der Waals surface area contributed by atoms with Crippen LogP contribution in [0.15, 0.2) is 12.2 Å². The maximum Gasteiger partial charge on any atom is 0.469 e. The van der Waals surface area contributed by atoms with E-state index in [1.165, 1.54) is 161 Å². The summed E-state index contributed by atoms with van der Waals surface area (Å²) in [6, 6.07) is 0. The van der Waals surface area contributed by atoms with Gasteiger partial charge >= 0.3 is 19.8 Å². The third-order valence-corrected chi connectivity index (χ3v) is 10.8. The third-order valence-electron chi connectivity index (χ3n) is 10.3. The number of phosphoric ester groups is 1. The number of allylic oxidation sites excluding steroid dienone is 2. The quantitative estimate of drug-likeness (QED) is 0.0271. The maximum atomic E-state index is 12.4. The Morgan fingerprint density at radius 3 is 1.13 bits per heavy atom. The lowest BCUT2D eigenvalue weighted by molar-refractivity contribution is -0.161. The van der Waals surface area contributed by atoms with Crippen molar-refractivity contribution >= 4 is 19.8 Å². The van der Waals surface area contributed by atoms with Gasteiger partial charge in [-0.3, -0.25) is 14.1 Å². The number of rotatable bonds is 43. The number of carbonyl (C=O) groups excluding carboxylic acids is 2. The first-order valence-electron chi connectivity index (χ1n) is 23.0. The van der Waals surface area contributed by atoms with Crippen molar-refractivity contribution < 1.29 is 37.9 Å². The summed E-state index contributed by atoms with van der Waals surface area (Å²) in [5.41, 5.74) is 0. The second kappa shape index (κ2) is 41.4. The van der Waals surface area contributed by atoms with Crippen molar-refractivity contribution in [2.75, 3.05) is 13.2 Å². The second-order valence-corrected chi connectivity index (χ2v) is 17.0. The number of hydrogen-bond acceptors (Lipinski definition) is 6. The Morgan fingerprint density at radius 1 is 0.463 bits per heavy atom. The van der Waals surface area contributed by atoms with E-state index >= 15 is 0 Å². The van der Waals surface area contributed by atoms with Crippen LogP contribution in [0.1, 0.15) is 245 Å². The van der Waals surface area contributed by atoms with Crippen LogP contribution in [-0.2, 0) is 28.2 Å². The van der Waals surface area contributed by atoms with Crippen molar-refractivity contribution in [2.24, 2.45) is 0 Å². The highest BCUT2D eigenvalue weighted by molar-refractivity contribution is 7.46. The first kappa shape index (κ1) is 52.8. The molecule has 0 aliphatic heterocycles. The van der Waals surface area contributed by atoms with Crippen LogP contribution in [0.4, 0.5) is 0 Å². The van der Waals surface area contributed by atoms with Gasteiger partial charge in [0.15, 0.2) is 6.10 Å². The molecule has 0 aliphatic rings. The van der Waals surface area contributed by atoms with Gasteiger partial charge in [0.05, 0.1) is 6.61 Å². The molecule has 0 radical (unpaired) electrons. The number of esters is 2. The Hall–Kier alpha value is -1.21. The van der Waals surface area contributed by atoms with Crippen LogP contribution in [0.2, 0.25) is 0 Å². The fraction of sp³-hybridized carbons (Fsp3) is 0.911. The monoisotopic (exact) mass is 787 g/mol. The molecule has 0 saturated carbocycles. The van der Waals surface area contributed by atoms with Crippen molar-refractivity contribution in [1.29, 1.82) is 0 Å². The summed E-state index contributed by atoms with van der Waals surface area (Å²) in [6.07, 6.45) is 46.6. The summed E-state index contributed by atoms with van der Waals surface area (Å²) in [7, 11) is -4.75. The van der Waals surface area contributed by atoms with E-state index in [1.807, 2.05) is 0 Å². The van der Waals surface area contributed by atoms with Crippen molar-refractivity contribution in [3.63, 3.8) is 0 Å². The maximum absolute atomic E-state index is 12.4. The third kappa shape index (κ3) is 43.5. The summed E-state index contributed by atoms with van der Waals surface area (Å²) in [6.45, 7) is 3.70. The topological polar surface area (TPSA) is 119 Å². The zero-order valence-corrected chi connectivity index (χ0v) is 36.3. The van der Waals surface area contributed by atoms with Crippen LogP contribution in [0.5, 0.6) is 0 Å². The second-order valence-electron chi connectivity index (χ2n) is 15.7. The largest absolute Gasteiger partial charge is 0.469 e. The summed E-state index contributed by atoms with van der Waals surface area (Å²) in [4.78, 5) is 42.9. The molecule has 1 atom stereocenters. The first-order valence-corrected chi connectivity index (χ1v) is 24.5. The van der Waals surface area contributed by atoms with Crippen LogP contribution in [0.3, 0.4) is 0 Å². The average molecular weight is 787 g/mol. The smallest absolute Gasteiger partial charge is 0.462 e. The molecule has 0 fully saturated rings. The van der Waals surface area contributed by atoms with Crippen molar-refractivity contribution in [3.05, 3.63) is 12.2 Å². The number of unbranched alkanes of at least 4 members (excludes halogenated alkanes) is 31. The fourth-order valence-corrected chi connectivity index (χ4v) is 7.20. The molecule has 0 rings (SSSR count). The van der Waals surface area contributed by atoms with Gasteiger partial charge < -0.3 is 19.3 Å². The standard InChI is InChI=1S/C45H87O8P/c1-3-5-7-9-11-13-15-17-19-20-21-22-23-24-25-26-28-29-31-33-35-37-39-44(46)51-41-43(42-52-54(48,49)50)53-45(47)40-38-36-34-32-30-27-18-16-14-12-10-8-6-4-2/h16,18,43H,3-15,17,19-42H2,1-2H3,(H2,48,49,50)/b18-16-. The minimum absolute atomic E-state index is 0.206. The minimum Gasteiger partial charge on any atom is -0.462 e. The van der Waals surface area contributed by atoms with Gasteiger partial charge in [0.2, 0.25) is 0 Å². The Bertz CT molecular complexity index is 889. The van der Waals surface area contributed by atoms with Gasteiger partial charge in [0.25, 0.3) is 0 Å². The molecule has 0 amide bonds. The van der Waals surface area contributed by atoms with Gasteiger partial charge in [0.1, 0.15) is 6.61 Å². The highest BCUT2D eigenvalue weighted by atomic mass is 31.2. The SMILES string of the molecule is CCCCCCC/C=C\CCCCCCCC(=O)OC(COC(=O)CCCCCCCCCCCCCCCCCCCCCCCC)COP(=O)(O)O. The molecule has 9 heteroatoms. The molecule has 320 valence electrons. The molecule has 0 saturated heterocycles. The molecule has 0 aromatic heterocycles. The van der Waals surface area contributed by atoms with E-state index in [1.54, 1.807) is 0 Å². The summed E-state index contributed by atoms with van der Waals surface area (Å²) < 4.78 is 26.4. The molecule has 54 heavy (non-hydrogen) atoms. The molecule has 2 N–H and O–H groups in total. The van der Waals surface area contributed by atoms with Gasteiger partial charge in [-0.05, 0) is 38.5 Å². The Kier molecular flexibility index (Phi) is 40.5. The van der Waals surface area contributed by atoms with Gasteiger partial charge in [-0.2, -0.15) is 0 Å². The fourth-order valence-electron chi connectivity index (χ4n) is 6.84. The molecule has 8 nitrogen and oxygen atoms in total. The lowest BCUT2D eigenvalue weighted by Gasteiger charge is -2.18. The summed E-state index contributed by atoms with van der Waals surface area (Å²) in [5, 5.41) is 0. The number of phosphoric acid groups is 1. The van der Waals surface area contributed by atoms with Crippen LogP contribution < -0.4 is 0 Å². The number of hydrogen-bond donors (Lipinski definition) is 2. The Balaban J connectivity index is 3.79. The summed E-state index contributed by atoms with van der Waals surface area (Å²) >= 11 is 0. The van der Waals surface area contributed by atoms with E-state index in [9.17, 15) is 14.2 Å². The molecular formula is C45H87O8P. The van der Waals surface area contributed by atoms with Gasteiger partial charge in [-0.15, -0.1) is 0 Å². The van der Waals surface area contributed by atoms with Crippen LogP contribution in [0.25, 0.3) is 0 Å². The summed E-state index contributed by atoms with van der Waals surface area (Å²) in [5.74, 6) is -0.881. The van der Waals surface area contributed by atoms with Crippen LogP contribution in [0, 0.1) is 0 Å². The Labute approximate surface area is 333 Å². The highest BCUT2D eigenvalue weighted by Crippen LogP contribution is 2.36. The van der Waals surface area contributed by atoms with Crippen molar-refractivity contribution in [2.45, 2.75) is 251 Å². The molecule has 1 unspecified atom stereocenters. The predicted molar refractivity (Wildman–Crippen MR) is 226 cm³/mol. The lowest BCUT2D eigenvalue weighted by Crippen LogP contribution is -2.29. The first-order chi connectivity index (χ1) is 26.3. The number of carbonyl (C=O) groups is 2. The van der Waals surface area contributed by atoms with Crippen LogP contribution in [-0.4, -0.2) is 41.0 Å². The van der Waals surface area contributed by atoms with Gasteiger partial charge in [0, 0.05) is 12.8 Å². The highest BCUT2D eigenvalue weighted by Gasteiger charge is 2.23. The minimum atomic E-state index is -4.75. The van der Waals surface area contributed by atoms with Crippen molar-refractivity contribution in [3.8, 4) is 0 Å². The van der Waals surface area contributed by atoms with Gasteiger partial charge in [-0.1, -0.05) is 206 Å². The molecule has 0 bridgehead atoms. The average Bonchev–Trinajstić information content (AvgIpc) is 3.14. The number of ether oxygens (including phenoxy) is 2. The van der Waals surface area contributed by atoms with E-state index in [-0.39, 0.29) is 19.4 Å². The lowest BCUT2D eigenvalue weighted by atomic mass is 10.0. The normalized spacial score (nSPS) is 12.4. The molecule has 0 aliphatic carbocycles.